The number of carbonyl (C=O) groups is 1. The molecular formula is C17H19N5O2. The number of hydrogen-bond acceptors (Lipinski definition) is 5. The molecule has 0 spiro atoms. The quantitative estimate of drug-likeness (QED) is 0.794. The largest absolute Gasteiger partial charge is 0.392 e. The van der Waals surface area contributed by atoms with Crippen molar-refractivity contribution in [2.24, 2.45) is 11.7 Å². The fraction of sp³-hybridized carbons (Fsp3) is 0.353. The topological polar surface area (TPSA) is 117 Å². The van der Waals surface area contributed by atoms with E-state index in [1.807, 2.05) is 30.3 Å². The van der Waals surface area contributed by atoms with E-state index in [1.165, 1.54) is 0 Å². The molecule has 7 nitrogen and oxygen atoms in total. The predicted octanol–water partition coefficient (Wildman–Crippen LogP) is 1.95. The number of para-hydroxylation sites is 1. The SMILES string of the molecule is N#C[C@H]1[C@H](O)CCC[C@@H]1n1cc(C(N)=O)c(Nc2ccccc2)n1. The number of aromatic nitrogens is 2. The molecule has 124 valence electrons. The van der Waals surface area contributed by atoms with E-state index < -0.39 is 17.9 Å². The first kappa shape index (κ1) is 16.0. The van der Waals surface area contributed by atoms with E-state index in [0.29, 0.717) is 12.2 Å². The Bertz CT molecular complexity index is 765. The summed E-state index contributed by atoms with van der Waals surface area (Å²) in [6, 6.07) is 11.2. The van der Waals surface area contributed by atoms with Gasteiger partial charge >= 0.3 is 0 Å². The van der Waals surface area contributed by atoms with Crippen molar-refractivity contribution in [3.05, 3.63) is 42.1 Å². The van der Waals surface area contributed by atoms with E-state index >= 15 is 0 Å². The predicted molar refractivity (Wildman–Crippen MR) is 88.5 cm³/mol. The Kier molecular flexibility index (Phi) is 4.49. The number of benzene rings is 1. The summed E-state index contributed by atoms with van der Waals surface area (Å²) in [4.78, 5) is 11.7. The third kappa shape index (κ3) is 3.09. The van der Waals surface area contributed by atoms with Crippen LogP contribution < -0.4 is 11.1 Å². The van der Waals surface area contributed by atoms with Gasteiger partial charge in [0.15, 0.2) is 5.82 Å². The number of aliphatic hydroxyl groups excluding tert-OH is 1. The summed E-state index contributed by atoms with van der Waals surface area (Å²) < 4.78 is 1.58. The van der Waals surface area contributed by atoms with Crippen LogP contribution in [-0.2, 0) is 0 Å². The van der Waals surface area contributed by atoms with Gasteiger partial charge in [0.2, 0.25) is 0 Å². The van der Waals surface area contributed by atoms with E-state index in [0.717, 1.165) is 18.5 Å². The maximum absolute atomic E-state index is 11.7. The summed E-state index contributed by atoms with van der Waals surface area (Å²) in [5.41, 5.74) is 6.50. The van der Waals surface area contributed by atoms with E-state index in [-0.39, 0.29) is 11.6 Å². The summed E-state index contributed by atoms with van der Waals surface area (Å²) in [5, 5.41) is 26.9. The van der Waals surface area contributed by atoms with Gasteiger partial charge < -0.3 is 16.2 Å². The molecule has 0 aliphatic heterocycles. The van der Waals surface area contributed by atoms with Crippen molar-refractivity contribution < 1.29 is 9.90 Å². The zero-order valence-electron chi connectivity index (χ0n) is 13.1. The molecule has 3 rings (SSSR count). The van der Waals surface area contributed by atoms with Crippen LogP contribution in [0.25, 0.3) is 0 Å². The van der Waals surface area contributed by atoms with Crippen LogP contribution >= 0.6 is 0 Å². The van der Waals surface area contributed by atoms with Crippen LogP contribution in [0.2, 0.25) is 0 Å². The number of amides is 1. The molecule has 1 saturated carbocycles. The van der Waals surface area contributed by atoms with Crippen LogP contribution in [-0.4, -0.2) is 26.9 Å². The van der Waals surface area contributed by atoms with Gasteiger partial charge in [0, 0.05) is 11.9 Å². The minimum absolute atomic E-state index is 0.260. The standard InChI is InChI=1S/C17H19N5O2/c18-9-12-14(7-4-8-15(12)23)22-10-13(16(19)24)17(21-22)20-11-5-2-1-3-6-11/h1-3,5-6,10,12,14-15,23H,4,7-8H2,(H2,19,24)(H,20,21)/t12-,14+,15-/m1/s1. The van der Waals surface area contributed by atoms with Crippen LogP contribution in [0, 0.1) is 17.2 Å². The average molecular weight is 325 g/mol. The molecule has 3 atom stereocenters. The zero-order valence-corrected chi connectivity index (χ0v) is 13.1. The van der Waals surface area contributed by atoms with E-state index in [9.17, 15) is 15.2 Å². The molecule has 0 radical (unpaired) electrons. The number of rotatable bonds is 4. The summed E-state index contributed by atoms with van der Waals surface area (Å²) in [6.07, 6.45) is 3.01. The van der Waals surface area contributed by atoms with Crippen molar-refractivity contribution in [3.63, 3.8) is 0 Å². The van der Waals surface area contributed by atoms with Crippen LogP contribution in [0.15, 0.2) is 36.5 Å². The first-order valence-corrected chi connectivity index (χ1v) is 7.89. The maximum atomic E-state index is 11.7. The van der Waals surface area contributed by atoms with Crippen molar-refractivity contribution in [2.75, 3.05) is 5.32 Å². The lowest BCUT2D eigenvalue weighted by Crippen LogP contribution is -2.33. The van der Waals surface area contributed by atoms with Crippen molar-refractivity contribution in [3.8, 4) is 6.07 Å². The van der Waals surface area contributed by atoms with Gasteiger partial charge in [-0.15, -0.1) is 0 Å². The van der Waals surface area contributed by atoms with Gasteiger partial charge in [0.05, 0.1) is 24.1 Å². The third-order valence-electron chi connectivity index (χ3n) is 4.35. The average Bonchev–Trinajstić information content (AvgIpc) is 2.99. The molecule has 7 heteroatoms. The van der Waals surface area contributed by atoms with Crippen LogP contribution in [0.4, 0.5) is 11.5 Å². The van der Waals surface area contributed by atoms with Gasteiger partial charge in [-0.1, -0.05) is 18.2 Å². The van der Waals surface area contributed by atoms with Gasteiger partial charge in [-0.05, 0) is 31.4 Å². The molecule has 4 N–H and O–H groups in total. The molecule has 0 unspecified atom stereocenters. The fourth-order valence-electron chi connectivity index (χ4n) is 3.11. The zero-order chi connectivity index (χ0) is 17.1. The van der Waals surface area contributed by atoms with Gasteiger partial charge in [0.1, 0.15) is 5.56 Å². The number of carbonyl (C=O) groups excluding carboxylic acids is 1. The summed E-state index contributed by atoms with van der Waals surface area (Å²) in [6.45, 7) is 0. The highest BCUT2D eigenvalue weighted by Gasteiger charge is 2.34. The molecule has 0 bridgehead atoms. The molecule has 1 heterocycles. The first-order chi connectivity index (χ1) is 11.6. The molecule has 2 aromatic rings. The lowest BCUT2D eigenvalue weighted by Gasteiger charge is -2.31. The maximum Gasteiger partial charge on any atom is 0.254 e. The van der Waals surface area contributed by atoms with E-state index in [4.69, 9.17) is 5.73 Å². The normalized spacial score (nSPS) is 23.4. The second-order valence-corrected chi connectivity index (χ2v) is 5.95. The summed E-state index contributed by atoms with van der Waals surface area (Å²) in [7, 11) is 0. The lowest BCUT2D eigenvalue weighted by atomic mass is 9.83. The fourth-order valence-corrected chi connectivity index (χ4v) is 3.11. The van der Waals surface area contributed by atoms with Crippen LogP contribution in [0.1, 0.15) is 35.7 Å². The minimum atomic E-state index is -0.680. The number of aliphatic hydroxyl groups is 1. The highest BCUT2D eigenvalue weighted by molar-refractivity contribution is 5.98. The van der Waals surface area contributed by atoms with Crippen molar-refractivity contribution >= 4 is 17.4 Å². The number of nitriles is 1. The molecule has 1 aliphatic rings. The monoisotopic (exact) mass is 325 g/mol. The number of nitrogens with one attached hydrogen (secondary N) is 1. The Labute approximate surface area is 139 Å². The van der Waals surface area contributed by atoms with Crippen molar-refractivity contribution in [1.82, 2.24) is 9.78 Å². The first-order valence-electron chi connectivity index (χ1n) is 7.89. The van der Waals surface area contributed by atoms with Crippen molar-refractivity contribution in [2.45, 2.75) is 31.4 Å². The molecule has 1 aliphatic carbocycles. The highest BCUT2D eigenvalue weighted by atomic mass is 16.3. The Balaban J connectivity index is 1.94. The molecule has 1 aromatic heterocycles. The van der Waals surface area contributed by atoms with Gasteiger partial charge in [0.25, 0.3) is 5.91 Å². The second kappa shape index (κ2) is 6.72. The Morgan fingerprint density at radius 3 is 2.79 bits per heavy atom. The van der Waals surface area contributed by atoms with Gasteiger partial charge in [-0.25, -0.2) is 0 Å². The number of anilines is 2. The second-order valence-electron chi connectivity index (χ2n) is 5.95. The Hall–Kier alpha value is -2.85. The van der Waals surface area contributed by atoms with Crippen LogP contribution in [0.5, 0.6) is 0 Å². The molecule has 0 saturated heterocycles. The lowest BCUT2D eigenvalue weighted by molar-refractivity contribution is 0.0613. The smallest absolute Gasteiger partial charge is 0.254 e. The van der Waals surface area contributed by atoms with Gasteiger partial charge in [-0.3, -0.25) is 9.48 Å². The van der Waals surface area contributed by atoms with E-state index in [2.05, 4.69) is 16.5 Å². The summed E-state index contributed by atoms with van der Waals surface area (Å²) >= 11 is 0. The number of primary amides is 1. The third-order valence-corrected chi connectivity index (χ3v) is 4.35. The highest BCUT2D eigenvalue weighted by Crippen LogP contribution is 2.34. The number of nitrogens with zero attached hydrogens (tertiary/aromatic N) is 3. The molecule has 1 amide bonds. The van der Waals surface area contributed by atoms with E-state index in [1.54, 1.807) is 10.9 Å². The van der Waals surface area contributed by atoms with Crippen LogP contribution in [0.3, 0.4) is 0 Å². The Morgan fingerprint density at radius 2 is 2.12 bits per heavy atom. The number of hydrogen-bond donors (Lipinski definition) is 3. The molecular weight excluding hydrogens is 306 g/mol. The number of nitrogens with two attached hydrogens (primary N) is 1. The molecule has 1 fully saturated rings. The van der Waals surface area contributed by atoms with Gasteiger partial charge in [-0.2, -0.15) is 10.4 Å². The van der Waals surface area contributed by atoms with Crippen molar-refractivity contribution in [1.29, 1.82) is 5.26 Å². The Morgan fingerprint density at radius 1 is 1.38 bits per heavy atom. The molecule has 1 aromatic carbocycles. The minimum Gasteiger partial charge on any atom is -0.392 e. The molecule has 24 heavy (non-hydrogen) atoms. The summed E-state index contributed by atoms with van der Waals surface area (Å²) in [5.74, 6) is -0.793.